The number of rotatable bonds is 4. The Bertz CT molecular complexity index is 500. The number of hydrogen-bond donors (Lipinski definition) is 1. The molecule has 1 saturated heterocycles. The first kappa shape index (κ1) is 15.0. The molecular formula is C14H21N3O2S. The molecule has 110 valence electrons. The molecule has 0 aromatic carbocycles. The summed E-state index contributed by atoms with van der Waals surface area (Å²) in [4.78, 5) is 31.6. The normalized spacial score (nSPS) is 21.6. The van der Waals surface area contributed by atoms with Gasteiger partial charge in [0.25, 0.3) is 0 Å². The summed E-state index contributed by atoms with van der Waals surface area (Å²) >= 11 is 1.60. The van der Waals surface area contributed by atoms with Crippen LogP contribution >= 0.6 is 11.3 Å². The molecule has 2 atom stereocenters. The van der Waals surface area contributed by atoms with Crippen LogP contribution < -0.4 is 5.32 Å². The number of hydrogen-bond acceptors (Lipinski definition) is 4. The number of amides is 2. The van der Waals surface area contributed by atoms with Gasteiger partial charge >= 0.3 is 0 Å². The third-order valence-corrected chi connectivity index (χ3v) is 4.62. The van der Waals surface area contributed by atoms with Crippen LogP contribution in [0, 0.1) is 6.92 Å². The Kier molecular flexibility index (Phi) is 4.75. The summed E-state index contributed by atoms with van der Waals surface area (Å²) in [7, 11) is 0. The molecular weight excluding hydrogens is 274 g/mol. The van der Waals surface area contributed by atoms with Gasteiger partial charge in [0, 0.05) is 24.0 Å². The molecule has 2 amide bonds. The van der Waals surface area contributed by atoms with Crippen LogP contribution in [-0.2, 0) is 9.59 Å². The molecule has 0 saturated carbocycles. The van der Waals surface area contributed by atoms with Gasteiger partial charge in [0.2, 0.25) is 11.8 Å². The molecule has 0 spiro atoms. The van der Waals surface area contributed by atoms with Crippen LogP contribution in [0.5, 0.6) is 0 Å². The van der Waals surface area contributed by atoms with Crippen LogP contribution in [0.15, 0.2) is 6.20 Å². The van der Waals surface area contributed by atoms with Crippen molar-refractivity contribution in [3.05, 3.63) is 16.1 Å². The number of nitrogens with zero attached hydrogens (tertiary/aromatic N) is 2. The van der Waals surface area contributed by atoms with Gasteiger partial charge in [-0.05, 0) is 20.3 Å². The fraction of sp³-hybridized carbons (Fsp3) is 0.643. The number of aryl methyl sites for hydroxylation is 1. The van der Waals surface area contributed by atoms with Crippen molar-refractivity contribution < 1.29 is 9.59 Å². The van der Waals surface area contributed by atoms with Gasteiger partial charge in [-0.15, -0.1) is 11.3 Å². The van der Waals surface area contributed by atoms with Crippen molar-refractivity contribution in [2.45, 2.75) is 52.1 Å². The van der Waals surface area contributed by atoms with Crippen molar-refractivity contribution in [2.75, 3.05) is 6.54 Å². The zero-order chi connectivity index (χ0) is 14.7. The van der Waals surface area contributed by atoms with Crippen molar-refractivity contribution in [1.82, 2.24) is 15.2 Å². The number of carbonyl (C=O) groups is 2. The molecule has 2 heterocycles. The first-order valence-electron chi connectivity index (χ1n) is 7.05. The number of carbonyl (C=O) groups excluding carboxylic acids is 2. The first-order valence-corrected chi connectivity index (χ1v) is 7.86. The van der Waals surface area contributed by atoms with Crippen LogP contribution in [0.4, 0.5) is 0 Å². The Hall–Kier alpha value is -1.43. The highest BCUT2D eigenvalue weighted by atomic mass is 32.1. The van der Waals surface area contributed by atoms with Gasteiger partial charge in [0.15, 0.2) is 0 Å². The quantitative estimate of drug-likeness (QED) is 0.924. The zero-order valence-corrected chi connectivity index (χ0v) is 13.0. The maximum atomic E-state index is 12.6. The van der Waals surface area contributed by atoms with Gasteiger partial charge in [-0.25, -0.2) is 4.98 Å². The molecule has 2 rings (SSSR count). The van der Waals surface area contributed by atoms with Crippen LogP contribution in [0.25, 0.3) is 0 Å². The second-order valence-electron chi connectivity index (χ2n) is 5.18. The van der Waals surface area contributed by atoms with E-state index in [4.69, 9.17) is 0 Å². The topological polar surface area (TPSA) is 62.3 Å². The van der Waals surface area contributed by atoms with Gasteiger partial charge in [-0.3, -0.25) is 9.59 Å². The molecule has 2 unspecified atom stereocenters. The third kappa shape index (κ3) is 3.17. The Morgan fingerprint density at radius 3 is 2.90 bits per heavy atom. The smallest absolute Gasteiger partial charge is 0.245 e. The van der Waals surface area contributed by atoms with Crippen LogP contribution in [-0.4, -0.2) is 34.3 Å². The van der Waals surface area contributed by atoms with Crippen molar-refractivity contribution >= 4 is 23.2 Å². The van der Waals surface area contributed by atoms with E-state index in [1.807, 2.05) is 27.0 Å². The van der Waals surface area contributed by atoms with E-state index in [1.54, 1.807) is 16.2 Å². The van der Waals surface area contributed by atoms with E-state index in [1.165, 1.54) is 0 Å². The highest BCUT2D eigenvalue weighted by Crippen LogP contribution is 2.26. The van der Waals surface area contributed by atoms with Gasteiger partial charge < -0.3 is 10.2 Å². The van der Waals surface area contributed by atoms with E-state index >= 15 is 0 Å². The van der Waals surface area contributed by atoms with E-state index in [-0.39, 0.29) is 17.9 Å². The maximum Gasteiger partial charge on any atom is 0.245 e. The van der Waals surface area contributed by atoms with E-state index < -0.39 is 6.04 Å². The Morgan fingerprint density at radius 1 is 1.55 bits per heavy atom. The van der Waals surface area contributed by atoms with Crippen molar-refractivity contribution in [3.8, 4) is 0 Å². The maximum absolute atomic E-state index is 12.6. The zero-order valence-electron chi connectivity index (χ0n) is 12.2. The highest BCUT2D eigenvalue weighted by Gasteiger charge is 2.33. The fourth-order valence-corrected chi connectivity index (χ4v) is 3.27. The summed E-state index contributed by atoms with van der Waals surface area (Å²) in [5.74, 6) is -0.0279. The van der Waals surface area contributed by atoms with Gasteiger partial charge in [-0.2, -0.15) is 0 Å². The first-order chi connectivity index (χ1) is 9.52. The average Bonchev–Trinajstić information content (AvgIpc) is 2.78. The van der Waals surface area contributed by atoms with Crippen LogP contribution in [0.1, 0.15) is 49.0 Å². The minimum absolute atomic E-state index is 0.0121. The van der Waals surface area contributed by atoms with Crippen molar-refractivity contribution in [2.24, 2.45) is 0 Å². The number of aromatic nitrogens is 1. The van der Waals surface area contributed by atoms with Gasteiger partial charge in [0.1, 0.15) is 11.0 Å². The summed E-state index contributed by atoms with van der Waals surface area (Å²) in [6.45, 7) is 6.46. The second-order valence-corrected chi connectivity index (χ2v) is 6.44. The standard InChI is InChI=1S/C14H21N3O2S/c1-4-5-11-14(19)17(7-6-12(18)16-11)10(3)13-15-8-9(2)20-13/h8,10-11H,4-7H2,1-3H3,(H,16,18). The molecule has 20 heavy (non-hydrogen) atoms. The molecule has 0 aliphatic carbocycles. The average molecular weight is 295 g/mol. The molecule has 0 bridgehead atoms. The Balaban J connectivity index is 2.20. The molecule has 5 nitrogen and oxygen atoms in total. The third-order valence-electron chi connectivity index (χ3n) is 3.54. The van der Waals surface area contributed by atoms with Crippen LogP contribution in [0.3, 0.4) is 0 Å². The SMILES string of the molecule is CCCC1NC(=O)CCN(C(C)c2ncc(C)s2)C1=O. The molecule has 1 aliphatic rings. The monoisotopic (exact) mass is 295 g/mol. The second kappa shape index (κ2) is 6.35. The van der Waals surface area contributed by atoms with Crippen molar-refractivity contribution in [1.29, 1.82) is 0 Å². The minimum atomic E-state index is -0.390. The van der Waals surface area contributed by atoms with E-state index in [9.17, 15) is 9.59 Å². The predicted octanol–water partition coefficient (Wildman–Crippen LogP) is 2.03. The predicted molar refractivity (Wildman–Crippen MR) is 78.4 cm³/mol. The van der Waals surface area contributed by atoms with Gasteiger partial charge in [0.05, 0.1) is 6.04 Å². The number of nitrogens with one attached hydrogen (secondary N) is 1. The Labute approximate surface area is 123 Å². The summed E-state index contributed by atoms with van der Waals surface area (Å²) < 4.78 is 0. The Morgan fingerprint density at radius 2 is 2.30 bits per heavy atom. The lowest BCUT2D eigenvalue weighted by atomic mass is 10.1. The van der Waals surface area contributed by atoms with E-state index in [0.717, 1.165) is 16.3 Å². The van der Waals surface area contributed by atoms with E-state index in [2.05, 4.69) is 10.3 Å². The molecule has 1 N–H and O–H groups in total. The van der Waals surface area contributed by atoms with Crippen LogP contribution in [0.2, 0.25) is 0 Å². The minimum Gasteiger partial charge on any atom is -0.344 e. The summed E-state index contributed by atoms with van der Waals surface area (Å²) in [5, 5.41) is 3.75. The van der Waals surface area contributed by atoms with E-state index in [0.29, 0.717) is 19.4 Å². The largest absolute Gasteiger partial charge is 0.344 e. The molecule has 1 fully saturated rings. The lowest BCUT2D eigenvalue weighted by Gasteiger charge is -2.28. The lowest BCUT2D eigenvalue weighted by Crippen LogP contribution is -2.45. The van der Waals surface area contributed by atoms with Gasteiger partial charge in [-0.1, -0.05) is 13.3 Å². The molecule has 0 radical (unpaired) electrons. The molecule has 1 aliphatic heterocycles. The fourth-order valence-electron chi connectivity index (χ4n) is 2.43. The lowest BCUT2D eigenvalue weighted by molar-refractivity contribution is -0.135. The molecule has 1 aromatic heterocycles. The molecule has 6 heteroatoms. The summed E-state index contributed by atoms with van der Waals surface area (Å²) in [5.41, 5.74) is 0. The summed E-state index contributed by atoms with van der Waals surface area (Å²) in [6, 6.07) is -0.466. The number of thiazole rings is 1. The highest BCUT2D eigenvalue weighted by molar-refractivity contribution is 7.11. The van der Waals surface area contributed by atoms with Crippen molar-refractivity contribution in [3.63, 3.8) is 0 Å². The summed E-state index contributed by atoms with van der Waals surface area (Å²) in [6.07, 6.45) is 3.74. The molecule has 1 aromatic rings.